The molecule has 1 aliphatic heterocycles. The molecule has 0 radical (unpaired) electrons. The van der Waals surface area contributed by atoms with Gasteiger partial charge in [-0.05, 0) is 91.8 Å². The van der Waals surface area contributed by atoms with Crippen LogP contribution in [0.1, 0.15) is 63.9 Å². The third-order valence-electron chi connectivity index (χ3n) is 10.5. The van der Waals surface area contributed by atoms with Crippen LogP contribution < -0.4 is 24.8 Å². The number of aryl methyl sites for hydroxylation is 2. The molecule has 1 saturated carbocycles. The summed E-state index contributed by atoms with van der Waals surface area (Å²) in [4.78, 5) is 27.2. The number of aromatic nitrogens is 2. The monoisotopic (exact) mass is 739 g/mol. The van der Waals surface area contributed by atoms with E-state index in [0.717, 1.165) is 55.1 Å². The number of methoxy groups -OCH3 is 2. The summed E-state index contributed by atoms with van der Waals surface area (Å²) in [6.07, 6.45) is 9.04. The topological polar surface area (TPSA) is 158 Å². The van der Waals surface area contributed by atoms with Crippen molar-refractivity contribution in [2.45, 2.75) is 56.1 Å². The Morgan fingerprint density at radius 1 is 1.24 bits per heavy atom. The first kappa shape index (κ1) is 36.9. The molecular formula is C37H46ClN5O7S. The average Bonchev–Trinajstić information content (AvgIpc) is 3.42. The largest absolute Gasteiger partial charge is 0.490 e. The predicted octanol–water partition coefficient (Wildman–Crippen LogP) is 4.10. The third-order valence-corrected chi connectivity index (χ3v) is 11.8. The van der Waals surface area contributed by atoms with Crippen molar-refractivity contribution < 1.29 is 33.1 Å². The zero-order chi connectivity index (χ0) is 36.3. The second-order valence-corrected chi connectivity index (χ2v) is 15.5. The highest BCUT2D eigenvalue weighted by molar-refractivity contribution is 7.83. The van der Waals surface area contributed by atoms with Gasteiger partial charge >= 0.3 is 0 Å². The second kappa shape index (κ2) is 15.8. The van der Waals surface area contributed by atoms with Crippen LogP contribution in [0.3, 0.4) is 0 Å². The molecule has 14 heteroatoms. The molecule has 1 fully saturated rings. The molecule has 0 bridgehead atoms. The number of carbonyl (C=O) groups is 2. The van der Waals surface area contributed by atoms with E-state index in [9.17, 15) is 18.9 Å². The van der Waals surface area contributed by atoms with Crippen LogP contribution in [0, 0.1) is 11.8 Å². The van der Waals surface area contributed by atoms with E-state index >= 15 is 0 Å². The van der Waals surface area contributed by atoms with Crippen molar-refractivity contribution in [2.24, 2.45) is 24.6 Å². The molecule has 2 amide bonds. The maximum absolute atomic E-state index is 12.6. The van der Waals surface area contributed by atoms with Crippen molar-refractivity contribution in [1.29, 1.82) is 0 Å². The highest BCUT2D eigenvalue weighted by atomic mass is 35.5. The van der Waals surface area contributed by atoms with Crippen molar-refractivity contribution >= 4 is 40.1 Å². The van der Waals surface area contributed by atoms with E-state index in [1.165, 1.54) is 29.1 Å². The zero-order valence-corrected chi connectivity index (χ0v) is 30.8. The van der Waals surface area contributed by atoms with Crippen molar-refractivity contribution in [3.8, 4) is 11.6 Å². The number of hydrogen-bond donors (Lipinski definition) is 3. The minimum absolute atomic E-state index is 0.0599. The van der Waals surface area contributed by atoms with Gasteiger partial charge in [-0.15, -0.1) is 5.10 Å². The molecule has 4 N–H and O–H groups in total. The van der Waals surface area contributed by atoms with Gasteiger partial charge in [-0.2, -0.15) is 0 Å². The summed E-state index contributed by atoms with van der Waals surface area (Å²) < 4.78 is 34.1. The molecule has 0 unspecified atom stereocenters. The molecule has 6 rings (SSSR count). The Balaban J connectivity index is 1.13. The molecule has 0 saturated heterocycles. The van der Waals surface area contributed by atoms with Crippen LogP contribution in [0.25, 0.3) is 0 Å². The summed E-state index contributed by atoms with van der Waals surface area (Å²) in [7, 11) is 3.02. The first-order valence-electron chi connectivity index (χ1n) is 17.3. The molecule has 3 aliphatic rings. The molecule has 274 valence electrons. The Morgan fingerprint density at radius 2 is 2.06 bits per heavy atom. The maximum Gasteiger partial charge on any atom is 0.270 e. The highest BCUT2D eigenvalue weighted by Gasteiger charge is 2.44. The molecule has 2 heterocycles. The number of amides is 2. The number of nitrogens with zero attached hydrogens (tertiary/aromatic N) is 3. The number of aliphatic hydroxyl groups is 1. The quantitative estimate of drug-likeness (QED) is 0.220. The van der Waals surface area contributed by atoms with Crippen LogP contribution in [0.5, 0.6) is 11.6 Å². The summed E-state index contributed by atoms with van der Waals surface area (Å²) in [6.45, 7) is 1.96. The minimum Gasteiger partial charge on any atom is -0.490 e. The lowest BCUT2D eigenvalue weighted by Crippen LogP contribution is -2.49. The number of ether oxygens (including phenoxy) is 3. The van der Waals surface area contributed by atoms with Crippen LogP contribution >= 0.6 is 11.6 Å². The van der Waals surface area contributed by atoms with Crippen LogP contribution in [-0.4, -0.2) is 82.8 Å². The van der Waals surface area contributed by atoms with Gasteiger partial charge in [0.15, 0.2) is 0 Å². The average molecular weight is 740 g/mol. The fourth-order valence-electron chi connectivity index (χ4n) is 7.75. The van der Waals surface area contributed by atoms with Crippen LogP contribution in [0.2, 0.25) is 5.02 Å². The number of benzene rings is 2. The number of hydrogen-bond acceptors (Lipinski definition) is 9. The normalized spacial score (nSPS) is 23.0. The number of aliphatic hydroxyl groups excluding tert-OH is 1. The second-order valence-electron chi connectivity index (χ2n) is 13.8. The van der Waals surface area contributed by atoms with E-state index in [0.29, 0.717) is 18.7 Å². The Hall–Kier alpha value is -3.91. The summed E-state index contributed by atoms with van der Waals surface area (Å²) in [6, 6.07) is 11.6. The minimum atomic E-state index is -1.71. The van der Waals surface area contributed by atoms with Gasteiger partial charge in [-0.3, -0.25) is 19.0 Å². The van der Waals surface area contributed by atoms with Crippen LogP contribution in [0.4, 0.5) is 5.69 Å². The SMILES string of the molecule is COc1nn(C)cc1C(=O)N[S@@](=O)CC[C@@H](O)/C=C/[C@H](OC)[C@@H]1CC[C@H]1CN1C[C@@]2(CCCc3cc(Cl)ccc32)COc2ccc(C(N)=O)cc21. The van der Waals surface area contributed by atoms with Crippen molar-refractivity contribution in [2.75, 3.05) is 44.6 Å². The first-order valence-corrected chi connectivity index (χ1v) is 19.0. The Labute approximate surface area is 305 Å². The number of halogens is 1. The molecule has 12 nitrogen and oxygen atoms in total. The van der Waals surface area contributed by atoms with Gasteiger partial charge in [0.05, 0.1) is 31.6 Å². The standard InChI is InChI=1S/C37H46ClN5O7S/c1-42-20-29(36(40-42)49-3)35(46)41-51(47)16-14-27(44)9-13-32(48-2)28-10-6-25(28)19-43-21-37(15-4-5-23-17-26(38)8-11-30(23)37)22-50-33-12-7-24(34(39)45)18-31(33)43/h7-9,11-13,17-18,20,25,27-28,32,44H,4-6,10,14-16,19,21-22H2,1-3H3,(H2,39,45)(H,41,46)/b13-9+/t25-,27-,28+,32-,37-,51-/m0/s1. The summed E-state index contributed by atoms with van der Waals surface area (Å²) in [5.74, 6) is 0.352. The van der Waals surface area contributed by atoms with E-state index < -0.39 is 28.9 Å². The van der Waals surface area contributed by atoms with Gasteiger partial charge in [0, 0.05) is 55.2 Å². The van der Waals surface area contributed by atoms with Crippen LogP contribution in [-0.2, 0) is 34.6 Å². The number of primary amides is 1. The Morgan fingerprint density at radius 3 is 2.78 bits per heavy atom. The molecule has 1 spiro atoms. The van der Waals surface area contributed by atoms with Gasteiger partial charge < -0.3 is 30.0 Å². The predicted molar refractivity (Wildman–Crippen MR) is 196 cm³/mol. The smallest absolute Gasteiger partial charge is 0.270 e. The fraction of sp³-hybridized carbons (Fsp3) is 0.486. The Bertz CT molecular complexity index is 1820. The summed E-state index contributed by atoms with van der Waals surface area (Å²) in [5, 5.41) is 15.5. The van der Waals surface area contributed by atoms with E-state index in [1.54, 1.807) is 26.3 Å². The summed E-state index contributed by atoms with van der Waals surface area (Å²) in [5.41, 5.74) is 9.46. The molecular weight excluding hydrogens is 694 g/mol. The molecule has 2 aliphatic carbocycles. The third kappa shape index (κ3) is 8.11. The number of fused-ring (bicyclic) bond motifs is 3. The lowest BCUT2D eigenvalue weighted by atomic mass is 9.68. The number of anilines is 1. The van der Waals surface area contributed by atoms with Gasteiger partial charge in [0.25, 0.3) is 5.91 Å². The van der Waals surface area contributed by atoms with Gasteiger partial charge in [0.2, 0.25) is 11.8 Å². The fourth-order valence-corrected chi connectivity index (χ4v) is 8.82. The summed E-state index contributed by atoms with van der Waals surface area (Å²) >= 11 is 6.41. The molecule has 2 aromatic carbocycles. The van der Waals surface area contributed by atoms with Crippen molar-refractivity contribution in [1.82, 2.24) is 14.5 Å². The number of nitrogens with one attached hydrogen (secondary N) is 1. The zero-order valence-electron chi connectivity index (χ0n) is 29.2. The van der Waals surface area contributed by atoms with Gasteiger partial charge in [-0.25, -0.2) is 4.21 Å². The van der Waals surface area contributed by atoms with Gasteiger partial charge in [-0.1, -0.05) is 29.8 Å². The van der Waals surface area contributed by atoms with E-state index in [4.69, 9.17) is 31.5 Å². The number of nitrogens with two attached hydrogens (primary N) is 1. The van der Waals surface area contributed by atoms with Crippen LogP contribution in [0.15, 0.2) is 54.7 Å². The number of rotatable bonds is 13. The molecule has 51 heavy (non-hydrogen) atoms. The van der Waals surface area contributed by atoms with Gasteiger partial charge in [0.1, 0.15) is 22.3 Å². The van der Waals surface area contributed by atoms with E-state index in [-0.39, 0.29) is 47.0 Å². The highest BCUT2D eigenvalue weighted by Crippen LogP contribution is 2.47. The van der Waals surface area contributed by atoms with Crippen molar-refractivity contribution in [3.63, 3.8) is 0 Å². The van der Waals surface area contributed by atoms with Crippen molar-refractivity contribution in [3.05, 3.63) is 82.0 Å². The van der Waals surface area contributed by atoms with E-state index in [2.05, 4.69) is 26.9 Å². The number of carbonyl (C=O) groups excluding carboxylic acids is 2. The van der Waals surface area contributed by atoms with E-state index in [1.807, 2.05) is 24.3 Å². The first-order chi connectivity index (χ1) is 24.5. The lowest BCUT2D eigenvalue weighted by Gasteiger charge is -2.46. The Kier molecular flexibility index (Phi) is 11.4. The molecule has 6 atom stereocenters. The lowest BCUT2D eigenvalue weighted by molar-refractivity contribution is 0.0126. The maximum atomic E-state index is 12.6. The molecule has 3 aromatic rings. The molecule has 1 aromatic heterocycles.